The van der Waals surface area contributed by atoms with E-state index in [1.54, 1.807) is 12.1 Å². The van der Waals surface area contributed by atoms with E-state index in [1.165, 1.54) is 0 Å². The van der Waals surface area contributed by atoms with Crippen molar-refractivity contribution in [1.29, 1.82) is 0 Å². The van der Waals surface area contributed by atoms with Crippen LogP contribution in [0.1, 0.15) is 42.6 Å². The third-order valence-corrected chi connectivity index (χ3v) is 2.88. The van der Waals surface area contributed by atoms with E-state index in [4.69, 9.17) is 4.74 Å². The van der Waals surface area contributed by atoms with Crippen LogP contribution in [0.15, 0.2) is 24.3 Å². The molecule has 0 saturated carbocycles. The van der Waals surface area contributed by atoms with Crippen molar-refractivity contribution in [3.05, 3.63) is 35.4 Å². The van der Waals surface area contributed by atoms with Gasteiger partial charge in [-0.1, -0.05) is 31.5 Å². The van der Waals surface area contributed by atoms with Crippen molar-refractivity contribution >= 4 is 5.97 Å². The lowest BCUT2D eigenvalue weighted by Gasteiger charge is -2.16. The molecule has 1 N–H and O–H groups in total. The van der Waals surface area contributed by atoms with Crippen molar-refractivity contribution in [2.24, 2.45) is 0 Å². The number of benzene rings is 1. The molecule has 100 valence electrons. The highest BCUT2D eigenvalue weighted by molar-refractivity contribution is 5.89. The minimum absolute atomic E-state index is 0.244. The third-order valence-electron chi connectivity index (χ3n) is 2.88. The van der Waals surface area contributed by atoms with Gasteiger partial charge in [0.2, 0.25) is 0 Å². The maximum absolute atomic E-state index is 11.8. The molecule has 0 fully saturated rings. The predicted molar refractivity (Wildman–Crippen MR) is 73.8 cm³/mol. The zero-order valence-electron chi connectivity index (χ0n) is 11.5. The van der Waals surface area contributed by atoms with E-state index >= 15 is 0 Å². The molecule has 1 aromatic rings. The van der Waals surface area contributed by atoms with Crippen molar-refractivity contribution < 1.29 is 9.53 Å². The van der Waals surface area contributed by atoms with Crippen LogP contribution in [0.25, 0.3) is 0 Å². The summed E-state index contributed by atoms with van der Waals surface area (Å²) in [7, 11) is 0. The van der Waals surface area contributed by atoms with Crippen LogP contribution in [0.4, 0.5) is 0 Å². The van der Waals surface area contributed by atoms with Crippen LogP contribution in [0.2, 0.25) is 0 Å². The summed E-state index contributed by atoms with van der Waals surface area (Å²) >= 11 is 0. The Hall–Kier alpha value is -1.35. The Morgan fingerprint density at radius 3 is 2.50 bits per heavy atom. The van der Waals surface area contributed by atoms with Crippen molar-refractivity contribution in [2.75, 3.05) is 13.2 Å². The minimum atomic E-state index is -0.244. The highest BCUT2D eigenvalue weighted by Crippen LogP contribution is 2.05. The Kier molecular flexibility index (Phi) is 6.44. The van der Waals surface area contributed by atoms with Gasteiger partial charge in [-0.2, -0.15) is 0 Å². The zero-order chi connectivity index (χ0) is 13.4. The zero-order valence-corrected chi connectivity index (χ0v) is 11.5. The van der Waals surface area contributed by atoms with Gasteiger partial charge in [0.05, 0.1) is 5.56 Å². The maximum Gasteiger partial charge on any atom is 0.338 e. The van der Waals surface area contributed by atoms with Gasteiger partial charge in [-0.05, 0) is 38.4 Å². The van der Waals surface area contributed by atoms with E-state index in [-0.39, 0.29) is 12.0 Å². The molecule has 1 atom stereocenters. The predicted octanol–water partition coefficient (Wildman–Crippen LogP) is 2.93. The first-order valence-electron chi connectivity index (χ1n) is 6.64. The summed E-state index contributed by atoms with van der Waals surface area (Å²) in [6.45, 7) is 7.60. The molecule has 18 heavy (non-hydrogen) atoms. The first kappa shape index (κ1) is 14.7. The molecule has 3 heteroatoms. The molecule has 0 heterocycles. The van der Waals surface area contributed by atoms with Crippen LogP contribution in [0.5, 0.6) is 0 Å². The van der Waals surface area contributed by atoms with E-state index in [9.17, 15) is 4.79 Å². The third kappa shape index (κ3) is 4.88. The van der Waals surface area contributed by atoms with Gasteiger partial charge < -0.3 is 10.1 Å². The summed E-state index contributed by atoms with van der Waals surface area (Å²) in [6, 6.07) is 7.70. The van der Waals surface area contributed by atoms with Gasteiger partial charge >= 0.3 is 5.97 Å². The van der Waals surface area contributed by atoms with Crippen molar-refractivity contribution in [1.82, 2.24) is 5.32 Å². The largest absolute Gasteiger partial charge is 0.460 e. The van der Waals surface area contributed by atoms with Gasteiger partial charge in [-0.3, -0.25) is 0 Å². The fourth-order valence-electron chi connectivity index (χ4n) is 1.62. The van der Waals surface area contributed by atoms with Crippen LogP contribution in [0, 0.1) is 6.92 Å². The monoisotopic (exact) mass is 249 g/mol. The Morgan fingerprint density at radius 2 is 1.94 bits per heavy atom. The normalized spacial score (nSPS) is 12.2. The fourth-order valence-corrected chi connectivity index (χ4v) is 1.62. The number of nitrogens with one attached hydrogen (secondary N) is 1. The van der Waals surface area contributed by atoms with E-state index in [2.05, 4.69) is 19.2 Å². The second-order valence-corrected chi connectivity index (χ2v) is 4.52. The van der Waals surface area contributed by atoms with Crippen molar-refractivity contribution in [3.63, 3.8) is 0 Å². The fraction of sp³-hybridized carbons (Fsp3) is 0.533. The SMILES string of the molecule is CCCNC(CC)COC(=O)c1ccc(C)cc1. The van der Waals surface area contributed by atoms with Gasteiger partial charge in [0.1, 0.15) is 6.61 Å². The van der Waals surface area contributed by atoms with Gasteiger partial charge in [0.15, 0.2) is 0 Å². The second kappa shape index (κ2) is 7.88. The number of hydrogen-bond donors (Lipinski definition) is 1. The van der Waals surface area contributed by atoms with Gasteiger partial charge in [0, 0.05) is 6.04 Å². The Morgan fingerprint density at radius 1 is 1.28 bits per heavy atom. The number of esters is 1. The Bertz CT molecular complexity index is 359. The summed E-state index contributed by atoms with van der Waals surface area (Å²) in [5, 5.41) is 3.36. The molecule has 0 aliphatic carbocycles. The first-order valence-corrected chi connectivity index (χ1v) is 6.64. The maximum atomic E-state index is 11.8. The molecule has 1 rings (SSSR count). The van der Waals surface area contributed by atoms with Crippen LogP contribution in [-0.2, 0) is 4.74 Å². The highest BCUT2D eigenvalue weighted by atomic mass is 16.5. The summed E-state index contributed by atoms with van der Waals surface area (Å²) in [5.74, 6) is -0.244. The summed E-state index contributed by atoms with van der Waals surface area (Å²) < 4.78 is 5.32. The molecule has 0 radical (unpaired) electrons. The quantitative estimate of drug-likeness (QED) is 0.755. The molecular formula is C15H23NO2. The van der Waals surface area contributed by atoms with Crippen molar-refractivity contribution in [2.45, 2.75) is 39.7 Å². The molecule has 0 bridgehead atoms. The molecule has 1 aromatic carbocycles. The number of carbonyl (C=O) groups excluding carboxylic acids is 1. The average molecular weight is 249 g/mol. The number of hydrogen-bond acceptors (Lipinski definition) is 3. The van der Waals surface area contributed by atoms with E-state index < -0.39 is 0 Å². The number of ether oxygens (including phenoxy) is 1. The minimum Gasteiger partial charge on any atom is -0.460 e. The van der Waals surface area contributed by atoms with Crippen LogP contribution in [0.3, 0.4) is 0 Å². The Balaban J connectivity index is 2.42. The van der Waals surface area contributed by atoms with Gasteiger partial charge in [0.25, 0.3) is 0 Å². The topological polar surface area (TPSA) is 38.3 Å². The van der Waals surface area contributed by atoms with Crippen LogP contribution >= 0.6 is 0 Å². The molecule has 0 aromatic heterocycles. The molecule has 0 aliphatic heterocycles. The average Bonchev–Trinajstić information content (AvgIpc) is 2.39. The van der Waals surface area contributed by atoms with E-state index in [0.717, 1.165) is 24.9 Å². The number of carbonyl (C=O) groups is 1. The van der Waals surface area contributed by atoms with E-state index in [1.807, 2.05) is 19.1 Å². The summed E-state index contributed by atoms with van der Waals surface area (Å²) in [6.07, 6.45) is 2.05. The van der Waals surface area contributed by atoms with Gasteiger partial charge in [-0.15, -0.1) is 0 Å². The smallest absolute Gasteiger partial charge is 0.338 e. The van der Waals surface area contributed by atoms with E-state index in [0.29, 0.717) is 12.2 Å². The molecule has 3 nitrogen and oxygen atoms in total. The standard InChI is InChI=1S/C15H23NO2/c1-4-10-16-14(5-2)11-18-15(17)13-8-6-12(3)7-9-13/h6-9,14,16H,4-5,10-11H2,1-3H3. The highest BCUT2D eigenvalue weighted by Gasteiger charge is 2.10. The lowest BCUT2D eigenvalue weighted by Crippen LogP contribution is -2.34. The van der Waals surface area contributed by atoms with Gasteiger partial charge in [-0.25, -0.2) is 4.79 Å². The molecule has 0 saturated heterocycles. The lowest BCUT2D eigenvalue weighted by molar-refractivity contribution is 0.0463. The lowest BCUT2D eigenvalue weighted by atomic mass is 10.1. The molecule has 0 spiro atoms. The summed E-state index contributed by atoms with van der Waals surface area (Å²) in [4.78, 5) is 11.8. The van der Waals surface area contributed by atoms with Crippen molar-refractivity contribution in [3.8, 4) is 0 Å². The van der Waals surface area contributed by atoms with Crippen LogP contribution in [-0.4, -0.2) is 25.2 Å². The second-order valence-electron chi connectivity index (χ2n) is 4.52. The molecular weight excluding hydrogens is 226 g/mol. The molecule has 0 aliphatic rings. The molecule has 0 amide bonds. The first-order chi connectivity index (χ1) is 8.67. The summed E-state index contributed by atoms with van der Waals surface area (Å²) in [5.41, 5.74) is 1.76. The molecule has 1 unspecified atom stereocenters. The number of rotatable bonds is 7. The van der Waals surface area contributed by atoms with Crippen LogP contribution < -0.4 is 5.32 Å². The number of aryl methyl sites for hydroxylation is 1. The Labute approximate surface area is 110 Å².